The average Bonchev–Trinajstić information content (AvgIpc) is 3.00. The molecule has 4 nitrogen and oxygen atoms in total. The third-order valence-electron chi connectivity index (χ3n) is 2.56. The predicted octanol–water partition coefficient (Wildman–Crippen LogP) is 1.12. The molecule has 0 spiro atoms. The molecule has 1 amide bonds. The van der Waals surface area contributed by atoms with Gasteiger partial charge in [-0.1, -0.05) is 0 Å². The zero-order valence-electron chi connectivity index (χ0n) is 9.58. The monoisotopic (exact) mass is 240 g/mol. The van der Waals surface area contributed by atoms with Crippen LogP contribution in [0.15, 0.2) is 0 Å². The molecule has 0 unspecified atom stereocenters. The molecule has 5 heteroatoms. The van der Waals surface area contributed by atoms with Gasteiger partial charge < -0.3 is 5.32 Å². The van der Waals surface area contributed by atoms with Gasteiger partial charge in [-0.2, -0.15) is 5.26 Å². The van der Waals surface area contributed by atoms with Crippen molar-refractivity contribution in [3.63, 3.8) is 0 Å². The van der Waals surface area contributed by atoms with E-state index in [1.54, 1.807) is 6.92 Å². The van der Waals surface area contributed by atoms with Crippen molar-refractivity contribution < 1.29 is 9.59 Å². The highest BCUT2D eigenvalue weighted by atomic mass is 32.2. The van der Waals surface area contributed by atoms with Crippen molar-refractivity contribution in [2.45, 2.75) is 32.2 Å². The Labute approximate surface area is 99.8 Å². The highest BCUT2D eigenvalue weighted by Gasteiger charge is 2.42. The van der Waals surface area contributed by atoms with Gasteiger partial charge in [0, 0.05) is 0 Å². The van der Waals surface area contributed by atoms with Crippen LogP contribution in [-0.4, -0.2) is 28.7 Å². The Morgan fingerprint density at radius 2 is 2.12 bits per heavy atom. The van der Waals surface area contributed by atoms with Gasteiger partial charge >= 0.3 is 0 Å². The zero-order chi connectivity index (χ0) is 12.2. The fraction of sp³-hybridized carbons (Fsp3) is 0.727. The van der Waals surface area contributed by atoms with Gasteiger partial charge in [0.25, 0.3) is 0 Å². The molecule has 16 heavy (non-hydrogen) atoms. The third kappa shape index (κ3) is 3.86. The van der Waals surface area contributed by atoms with E-state index < -0.39 is 5.54 Å². The van der Waals surface area contributed by atoms with Crippen molar-refractivity contribution in [2.24, 2.45) is 5.92 Å². The van der Waals surface area contributed by atoms with E-state index in [1.165, 1.54) is 18.7 Å². The first-order chi connectivity index (χ1) is 7.48. The molecular formula is C11H16N2O2S. The number of carbonyl (C=O) groups is 2. The molecule has 0 aliphatic heterocycles. The Balaban J connectivity index is 2.33. The Kier molecular flexibility index (Phi) is 4.36. The summed E-state index contributed by atoms with van der Waals surface area (Å²) in [4.78, 5) is 22.2. The Morgan fingerprint density at radius 1 is 1.50 bits per heavy atom. The van der Waals surface area contributed by atoms with Crippen LogP contribution in [-0.2, 0) is 9.59 Å². The molecule has 1 aliphatic rings. The molecular weight excluding hydrogens is 224 g/mol. The van der Waals surface area contributed by atoms with E-state index in [0.717, 1.165) is 12.8 Å². The maximum Gasteiger partial charge on any atom is 0.231 e. The number of hydrogen-bond acceptors (Lipinski definition) is 4. The molecule has 0 bridgehead atoms. The van der Waals surface area contributed by atoms with E-state index in [2.05, 4.69) is 11.4 Å². The van der Waals surface area contributed by atoms with Crippen LogP contribution in [0.25, 0.3) is 0 Å². The number of nitriles is 1. The lowest BCUT2D eigenvalue weighted by Crippen LogP contribution is -2.47. The van der Waals surface area contributed by atoms with Crippen molar-refractivity contribution in [1.29, 1.82) is 5.26 Å². The van der Waals surface area contributed by atoms with Gasteiger partial charge in [-0.25, -0.2) is 0 Å². The van der Waals surface area contributed by atoms with Crippen LogP contribution in [0.5, 0.6) is 0 Å². The van der Waals surface area contributed by atoms with Gasteiger partial charge in [0.1, 0.15) is 11.3 Å². The van der Waals surface area contributed by atoms with Gasteiger partial charge in [-0.3, -0.25) is 9.59 Å². The van der Waals surface area contributed by atoms with Gasteiger partial charge in [-0.15, -0.1) is 11.8 Å². The number of hydrogen-bond donors (Lipinski definition) is 1. The lowest BCUT2D eigenvalue weighted by molar-refractivity contribution is -0.119. The molecule has 1 fully saturated rings. The van der Waals surface area contributed by atoms with Crippen LogP contribution in [0.2, 0.25) is 0 Å². The summed E-state index contributed by atoms with van der Waals surface area (Å²) in [7, 11) is 0. The first-order valence-electron chi connectivity index (χ1n) is 5.27. The summed E-state index contributed by atoms with van der Waals surface area (Å²) in [5, 5.41) is 11.8. The van der Waals surface area contributed by atoms with Gasteiger partial charge in [0.05, 0.1) is 17.6 Å². The fourth-order valence-corrected chi connectivity index (χ4v) is 2.14. The van der Waals surface area contributed by atoms with Crippen LogP contribution in [0.1, 0.15) is 26.7 Å². The summed E-state index contributed by atoms with van der Waals surface area (Å²) in [5.74, 6) is 0.772. The first-order valence-corrected chi connectivity index (χ1v) is 6.43. The van der Waals surface area contributed by atoms with Crippen molar-refractivity contribution in [3.05, 3.63) is 0 Å². The molecule has 1 N–H and O–H groups in total. The second-order valence-electron chi connectivity index (χ2n) is 4.33. The Morgan fingerprint density at radius 3 is 2.56 bits per heavy atom. The van der Waals surface area contributed by atoms with Crippen LogP contribution in [0.4, 0.5) is 0 Å². The summed E-state index contributed by atoms with van der Waals surface area (Å²) in [6.07, 6.45) is 2.01. The van der Waals surface area contributed by atoms with Gasteiger partial charge in [0.15, 0.2) is 0 Å². The minimum absolute atomic E-state index is 0.0584. The molecule has 1 rings (SSSR count). The Hall–Kier alpha value is -1.02. The predicted molar refractivity (Wildman–Crippen MR) is 62.9 cm³/mol. The highest BCUT2D eigenvalue weighted by molar-refractivity contribution is 8.00. The lowest BCUT2D eigenvalue weighted by atomic mass is 9.98. The number of nitrogens with zero attached hydrogens (tertiary/aromatic N) is 1. The van der Waals surface area contributed by atoms with E-state index in [-0.39, 0.29) is 17.4 Å². The maximum absolute atomic E-state index is 11.5. The number of ketones is 1. The second-order valence-corrected chi connectivity index (χ2v) is 5.32. The number of amides is 1. The van der Waals surface area contributed by atoms with Crippen LogP contribution in [0.3, 0.4) is 0 Å². The van der Waals surface area contributed by atoms with E-state index in [4.69, 9.17) is 5.26 Å². The van der Waals surface area contributed by atoms with Crippen LogP contribution >= 0.6 is 11.8 Å². The number of carbonyl (C=O) groups excluding carboxylic acids is 2. The van der Waals surface area contributed by atoms with Crippen molar-refractivity contribution in [1.82, 2.24) is 5.32 Å². The molecule has 88 valence electrons. The fourth-order valence-electron chi connectivity index (χ4n) is 1.50. The summed E-state index contributed by atoms with van der Waals surface area (Å²) < 4.78 is 0. The molecule has 1 aliphatic carbocycles. The molecule has 0 aromatic rings. The number of nitrogens with one attached hydrogen (secondary N) is 1. The number of rotatable bonds is 6. The SMILES string of the molecule is CC(=O)CSCC(=O)N[C@](C)(C#N)C1CC1. The van der Waals surface area contributed by atoms with E-state index in [1.807, 2.05) is 0 Å². The van der Waals surface area contributed by atoms with Crippen molar-refractivity contribution >= 4 is 23.5 Å². The summed E-state index contributed by atoms with van der Waals surface area (Å²) in [5.41, 5.74) is -0.728. The molecule has 0 radical (unpaired) electrons. The highest BCUT2D eigenvalue weighted by Crippen LogP contribution is 2.39. The average molecular weight is 240 g/mol. The minimum atomic E-state index is -0.728. The largest absolute Gasteiger partial charge is 0.337 e. The quantitative estimate of drug-likeness (QED) is 0.755. The second kappa shape index (κ2) is 5.35. The third-order valence-corrected chi connectivity index (χ3v) is 3.64. The smallest absolute Gasteiger partial charge is 0.231 e. The Bertz CT molecular complexity index is 333. The van der Waals surface area contributed by atoms with Crippen molar-refractivity contribution in [3.8, 4) is 6.07 Å². The zero-order valence-corrected chi connectivity index (χ0v) is 10.4. The minimum Gasteiger partial charge on any atom is -0.337 e. The lowest BCUT2D eigenvalue weighted by Gasteiger charge is -2.22. The normalized spacial score (nSPS) is 18.3. The molecule has 0 heterocycles. The van der Waals surface area contributed by atoms with Crippen LogP contribution < -0.4 is 5.32 Å². The standard InChI is InChI=1S/C11H16N2O2S/c1-8(14)5-16-6-10(15)13-11(2,7-12)9-3-4-9/h9H,3-6H2,1-2H3,(H,13,15)/t11-/m1/s1. The topological polar surface area (TPSA) is 70.0 Å². The molecule has 1 atom stereocenters. The number of thioether (sulfide) groups is 1. The van der Waals surface area contributed by atoms with E-state index >= 15 is 0 Å². The number of Topliss-reactive ketones (excluding diaryl/α,β-unsaturated/α-hetero) is 1. The summed E-state index contributed by atoms with van der Waals surface area (Å²) in [6.45, 7) is 3.26. The van der Waals surface area contributed by atoms with Crippen LogP contribution in [0, 0.1) is 17.2 Å². The van der Waals surface area contributed by atoms with Crippen molar-refractivity contribution in [2.75, 3.05) is 11.5 Å². The summed E-state index contributed by atoms with van der Waals surface area (Å²) in [6, 6.07) is 2.16. The first kappa shape index (κ1) is 13.0. The van der Waals surface area contributed by atoms with E-state index in [9.17, 15) is 9.59 Å². The summed E-state index contributed by atoms with van der Waals surface area (Å²) >= 11 is 1.28. The molecule has 0 saturated heterocycles. The van der Waals surface area contributed by atoms with E-state index in [0.29, 0.717) is 11.7 Å². The molecule has 0 aromatic heterocycles. The van der Waals surface area contributed by atoms with Gasteiger partial charge in [0.2, 0.25) is 5.91 Å². The molecule has 0 aromatic carbocycles. The molecule has 1 saturated carbocycles. The maximum atomic E-state index is 11.5. The van der Waals surface area contributed by atoms with Gasteiger partial charge in [-0.05, 0) is 32.6 Å².